The summed E-state index contributed by atoms with van der Waals surface area (Å²) in [7, 11) is 0. The van der Waals surface area contributed by atoms with Gasteiger partial charge in [0.2, 0.25) is 11.8 Å². The van der Waals surface area contributed by atoms with Crippen LogP contribution in [0.25, 0.3) is 0 Å². The molecule has 31 heavy (non-hydrogen) atoms. The van der Waals surface area contributed by atoms with Crippen LogP contribution in [0.2, 0.25) is 0 Å². The van der Waals surface area contributed by atoms with Crippen molar-refractivity contribution in [2.75, 3.05) is 23.4 Å². The fourth-order valence-electron chi connectivity index (χ4n) is 3.00. The maximum absolute atomic E-state index is 12.8. The maximum Gasteiger partial charge on any atom is 0.338 e. The Hall–Kier alpha value is -3.33. The number of hydrogen-bond donors (Lipinski definition) is 2. The second kappa shape index (κ2) is 10.1. The molecule has 2 aromatic carbocycles. The first-order chi connectivity index (χ1) is 14.9. The van der Waals surface area contributed by atoms with Gasteiger partial charge in [0.05, 0.1) is 24.5 Å². The largest absolute Gasteiger partial charge is 0.494 e. The van der Waals surface area contributed by atoms with Crippen molar-refractivity contribution in [3.8, 4) is 5.75 Å². The first-order valence-corrected chi connectivity index (χ1v) is 10.7. The van der Waals surface area contributed by atoms with E-state index < -0.39 is 11.2 Å². The van der Waals surface area contributed by atoms with E-state index in [2.05, 4.69) is 5.32 Å². The van der Waals surface area contributed by atoms with Gasteiger partial charge in [-0.2, -0.15) is 0 Å². The molecule has 0 bridgehead atoms. The smallest absolute Gasteiger partial charge is 0.338 e. The first-order valence-electron chi connectivity index (χ1n) is 9.82. The predicted octanol–water partition coefficient (Wildman–Crippen LogP) is 3.67. The molecular weight excluding hydrogens is 418 g/mol. The van der Waals surface area contributed by atoms with Gasteiger partial charge < -0.3 is 14.8 Å². The second-order valence-electron chi connectivity index (χ2n) is 6.56. The molecule has 8 nitrogen and oxygen atoms in total. The minimum absolute atomic E-state index is 0.0704. The van der Waals surface area contributed by atoms with Crippen LogP contribution in [-0.2, 0) is 14.3 Å². The van der Waals surface area contributed by atoms with Crippen LogP contribution in [0, 0.1) is 5.41 Å². The quantitative estimate of drug-likeness (QED) is 0.605. The Balaban J connectivity index is 1.60. The van der Waals surface area contributed by atoms with Gasteiger partial charge in [0.25, 0.3) is 0 Å². The second-order valence-corrected chi connectivity index (χ2v) is 7.75. The monoisotopic (exact) mass is 441 g/mol. The predicted molar refractivity (Wildman–Crippen MR) is 120 cm³/mol. The summed E-state index contributed by atoms with van der Waals surface area (Å²) in [4.78, 5) is 38.2. The Labute approximate surface area is 184 Å². The molecule has 162 valence electrons. The zero-order valence-corrected chi connectivity index (χ0v) is 18.0. The molecule has 9 heteroatoms. The Morgan fingerprint density at radius 1 is 1.06 bits per heavy atom. The molecule has 0 aliphatic carbocycles. The highest BCUT2D eigenvalue weighted by Crippen LogP contribution is 2.33. The van der Waals surface area contributed by atoms with Crippen molar-refractivity contribution < 1.29 is 23.9 Å². The van der Waals surface area contributed by atoms with Crippen LogP contribution in [0.15, 0.2) is 48.5 Å². The van der Waals surface area contributed by atoms with E-state index in [1.807, 2.05) is 6.92 Å². The van der Waals surface area contributed by atoms with Crippen LogP contribution in [0.3, 0.4) is 0 Å². The molecule has 1 heterocycles. The summed E-state index contributed by atoms with van der Waals surface area (Å²) in [6, 6.07) is 13.2. The summed E-state index contributed by atoms with van der Waals surface area (Å²) >= 11 is 1.05. The van der Waals surface area contributed by atoms with E-state index in [4.69, 9.17) is 14.9 Å². The molecule has 0 spiro atoms. The molecule has 1 unspecified atom stereocenters. The lowest BCUT2D eigenvalue weighted by atomic mass is 10.2. The summed E-state index contributed by atoms with van der Waals surface area (Å²) < 4.78 is 10.3. The van der Waals surface area contributed by atoms with Crippen LogP contribution in [-0.4, -0.2) is 41.4 Å². The van der Waals surface area contributed by atoms with Crippen LogP contribution in [0.1, 0.15) is 30.6 Å². The van der Waals surface area contributed by atoms with Gasteiger partial charge in [-0.05, 0) is 62.4 Å². The zero-order chi connectivity index (χ0) is 22.4. The lowest BCUT2D eigenvalue weighted by molar-refractivity contribution is -0.121. The number of hydrogen-bond acceptors (Lipinski definition) is 7. The molecule has 1 saturated heterocycles. The average molecular weight is 442 g/mol. The highest BCUT2D eigenvalue weighted by molar-refractivity contribution is 8.16. The average Bonchev–Trinajstić information content (AvgIpc) is 3.02. The molecular formula is C22H23N3O5S. The van der Waals surface area contributed by atoms with Gasteiger partial charge in [-0.3, -0.25) is 19.9 Å². The minimum Gasteiger partial charge on any atom is -0.494 e. The number of esters is 1. The lowest BCUT2D eigenvalue weighted by Crippen LogP contribution is -2.33. The van der Waals surface area contributed by atoms with Crippen molar-refractivity contribution in [2.45, 2.75) is 25.5 Å². The van der Waals surface area contributed by atoms with Crippen LogP contribution < -0.4 is 15.0 Å². The molecule has 3 rings (SSSR count). The van der Waals surface area contributed by atoms with Gasteiger partial charge in [-0.1, -0.05) is 11.8 Å². The third kappa shape index (κ3) is 5.43. The molecule has 0 saturated carbocycles. The number of amides is 2. The summed E-state index contributed by atoms with van der Waals surface area (Å²) in [6.07, 6.45) is -0.0704. The third-order valence-electron chi connectivity index (χ3n) is 4.41. The van der Waals surface area contributed by atoms with Gasteiger partial charge in [0.1, 0.15) is 11.0 Å². The number of carbonyl (C=O) groups excluding carboxylic acids is 3. The molecule has 0 aromatic heterocycles. The topological polar surface area (TPSA) is 109 Å². The van der Waals surface area contributed by atoms with E-state index >= 15 is 0 Å². The molecule has 1 atom stereocenters. The van der Waals surface area contributed by atoms with Crippen molar-refractivity contribution >= 4 is 46.1 Å². The number of benzene rings is 2. The number of ether oxygens (including phenoxy) is 2. The molecule has 1 fully saturated rings. The maximum atomic E-state index is 12.8. The van der Waals surface area contributed by atoms with Crippen LogP contribution >= 0.6 is 11.8 Å². The lowest BCUT2D eigenvalue weighted by Gasteiger charge is -2.16. The number of amidine groups is 1. The standard InChI is InChI=1S/C22H23N3O5S/c1-3-29-17-11-9-16(10-12-17)25-20(27)18(31-22(25)23)13-19(26)24-15-7-5-14(6-8-15)21(28)30-4-2/h5-12,18,23H,3-4,13H2,1-2H3,(H,24,26). The van der Waals surface area contributed by atoms with E-state index in [0.717, 1.165) is 11.8 Å². The van der Waals surface area contributed by atoms with E-state index in [1.54, 1.807) is 55.5 Å². The Morgan fingerprint density at radius 2 is 1.74 bits per heavy atom. The van der Waals surface area contributed by atoms with Gasteiger partial charge in [0.15, 0.2) is 5.17 Å². The summed E-state index contributed by atoms with van der Waals surface area (Å²) in [6.45, 7) is 4.43. The van der Waals surface area contributed by atoms with Gasteiger partial charge >= 0.3 is 5.97 Å². The van der Waals surface area contributed by atoms with E-state index in [0.29, 0.717) is 29.3 Å². The number of carbonyl (C=O) groups is 3. The van der Waals surface area contributed by atoms with Crippen molar-refractivity contribution in [3.63, 3.8) is 0 Å². The molecule has 0 radical (unpaired) electrons. The van der Waals surface area contributed by atoms with E-state index in [1.165, 1.54) is 4.90 Å². The highest BCUT2D eigenvalue weighted by Gasteiger charge is 2.39. The first kappa shape index (κ1) is 22.4. The minimum atomic E-state index is -0.683. The summed E-state index contributed by atoms with van der Waals surface area (Å²) in [5, 5.41) is 10.3. The van der Waals surface area contributed by atoms with Crippen LogP contribution in [0.4, 0.5) is 11.4 Å². The van der Waals surface area contributed by atoms with Crippen LogP contribution in [0.5, 0.6) is 5.75 Å². The molecule has 1 aliphatic rings. The normalized spacial score (nSPS) is 15.7. The van der Waals surface area contributed by atoms with Gasteiger partial charge in [0, 0.05) is 12.1 Å². The van der Waals surface area contributed by atoms with Gasteiger partial charge in [-0.25, -0.2) is 4.79 Å². The van der Waals surface area contributed by atoms with Crippen molar-refractivity contribution in [1.82, 2.24) is 0 Å². The highest BCUT2D eigenvalue weighted by atomic mass is 32.2. The van der Waals surface area contributed by atoms with Crippen molar-refractivity contribution in [2.24, 2.45) is 0 Å². The Bertz CT molecular complexity index is 976. The fourth-order valence-corrected chi connectivity index (χ4v) is 4.01. The van der Waals surface area contributed by atoms with Crippen molar-refractivity contribution in [3.05, 3.63) is 54.1 Å². The summed E-state index contributed by atoms with van der Waals surface area (Å²) in [5.74, 6) is -0.411. The number of nitrogens with zero attached hydrogens (tertiary/aromatic N) is 1. The van der Waals surface area contributed by atoms with E-state index in [-0.39, 0.29) is 30.0 Å². The van der Waals surface area contributed by atoms with Gasteiger partial charge in [-0.15, -0.1) is 0 Å². The number of anilines is 2. The third-order valence-corrected chi connectivity index (χ3v) is 5.47. The molecule has 2 amide bonds. The molecule has 1 aliphatic heterocycles. The number of nitrogens with one attached hydrogen (secondary N) is 2. The van der Waals surface area contributed by atoms with E-state index in [9.17, 15) is 14.4 Å². The Kier molecular flexibility index (Phi) is 7.30. The SMILES string of the molecule is CCOC(=O)c1ccc(NC(=O)CC2SC(=N)N(c3ccc(OCC)cc3)C2=O)cc1. The Morgan fingerprint density at radius 3 is 2.35 bits per heavy atom. The molecule has 2 aromatic rings. The van der Waals surface area contributed by atoms with Crippen molar-refractivity contribution in [1.29, 1.82) is 5.41 Å². The number of thioether (sulfide) groups is 1. The fraction of sp³-hybridized carbons (Fsp3) is 0.273. The number of rotatable bonds is 8. The summed E-state index contributed by atoms with van der Waals surface area (Å²) in [5.41, 5.74) is 1.45. The zero-order valence-electron chi connectivity index (χ0n) is 17.2. The molecule has 2 N–H and O–H groups in total.